The van der Waals surface area contributed by atoms with Crippen molar-refractivity contribution in [1.29, 1.82) is 0 Å². The maximum absolute atomic E-state index is 12.7. The quantitative estimate of drug-likeness (QED) is 0.465. The SMILES string of the molecule is CC(C)(C)/C(O)=C/C(N)=NC(=O)C(C)(C)S(=O)N1CCCCC1. The van der Waals surface area contributed by atoms with Crippen LogP contribution in [-0.4, -0.2) is 43.2 Å². The molecule has 3 N–H and O–H groups in total. The summed E-state index contributed by atoms with van der Waals surface area (Å²) in [7, 11) is -1.46. The molecule has 1 rings (SSSR count). The van der Waals surface area contributed by atoms with Crippen LogP contribution < -0.4 is 5.73 Å². The van der Waals surface area contributed by atoms with E-state index in [0.717, 1.165) is 32.4 Å². The van der Waals surface area contributed by atoms with E-state index >= 15 is 0 Å². The Balaban J connectivity index is 2.89. The lowest BCUT2D eigenvalue weighted by Gasteiger charge is -2.31. The number of piperidine rings is 1. The van der Waals surface area contributed by atoms with E-state index in [2.05, 4.69) is 4.99 Å². The standard InChI is InChI=1S/C16H29N3O3S/c1-15(2,3)12(20)11-13(17)18-14(21)16(4,5)23(22)19-9-7-6-8-10-19/h11,20H,6-10H2,1-5H3,(H2,17,18,21)/b12-11-. The molecule has 1 aliphatic rings. The summed E-state index contributed by atoms with van der Waals surface area (Å²) in [6.45, 7) is 10.2. The van der Waals surface area contributed by atoms with Crippen molar-refractivity contribution in [2.45, 2.75) is 58.6 Å². The monoisotopic (exact) mass is 343 g/mol. The largest absolute Gasteiger partial charge is 0.512 e. The molecule has 0 aromatic rings. The van der Waals surface area contributed by atoms with E-state index in [9.17, 15) is 14.1 Å². The van der Waals surface area contributed by atoms with Gasteiger partial charge in [0.15, 0.2) is 0 Å². The highest BCUT2D eigenvalue weighted by Crippen LogP contribution is 2.23. The first-order valence-corrected chi connectivity index (χ1v) is 9.03. The molecular weight excluding hydrogens is 314 g/mol. The number of nitrogens with zero attached hydrogens (tertiary/aromatic N) is 2. The van der Waals surface area contributed by atoms with Crippen molar-refractivity contribution in [2.24, 2.45) is 16.1 Å². The Hall–Kier alpha value is -1.21. The van der Waals surface area contributed by atoms with Crippen LogP contribution in [0.1, 0.15) is 53.9 Å². The Kier molecular flexibility index (Phi) is 6.53. The van der Waals surface area contributed by atoms with Gasteiger partial charge in [-0.1, -0.05) is 27.2 Å². The van der Waals surface area contributed by atoms with E-state index in [4.69, 9.17) is 5.73 Å². The van der Waals surface area contributed by atoms with Gasteiger partial charge in [0.1, 0.15) is 27.3 Å². The van der Waals surface area contributed by atoms with Crippen LogP contribution in [0.2, 0.25) is 0 Å². The minimum Gasteiger partial charge on any atom is -0.512 e. The van der Waals surface area contributed by atoms with Crippen LogP contribution in [0.4, 0.5) is 0 Å². The first kappa shape index (κ1) is 19.8. The van der Waals surface area contributed by atoms with Gasteiger partial charge in [-0.25, -0.2) is 8.51 Å². The fraction of sp³-hybridized carbons (Fsp3) is 0.750. The number of hydrogen-bond acceptors (Lipinski definition) is 3. The molecule has 0 radical (unpaired) electrons. The van der Waals surface area contributed by atoms with Gasteiger partial charge in [-0.2, -0.15) is 4.99 Å². The lowest BCUT2D eigenvalue weighted by atomic mass is 9.93. The van der Waals surface area contributed by atoms with E-state index in [1.807, 2.05) is 25.1 Å². The van der Waals surface area contributed by atoms with Crippen molar-refractivity contribution >= 4 is 22.7 Å². The summed E-state index contributed by atoms with van der Waals surface area (Å²) in [5.74, 6) is -0.579. The predicted molar refractivity (Wildman–Crippen MR) is 94.4 cm³/mol. The Morgan fingerprint density at radius 2 is 1.70 bits per heavy atom. The van der Waals surface area contributed by atoms with Gasteiger partial charge in [0.2, 0.25) is 0 Å². The van der Waals surface area contributed by atoms with Crippen molar-refractivity contribution in [3.05, 3.63) is 11.8 Å². The molecule has 7 heteroatoms. The van der Waals surface area contributed by atoms with Gasteiger partial charge in [0.05, 0.1) is 0 Å². The van der Waals surface area contributed by atoms with Gasteiger partial charge in [-0.3, -0.25) is 4.79 Å². The summed E-state index contributed by atoms with van der Waals surface area (Å²) in [6.07, 6.45) is 4.38. The number of amidine groups is 1. The van der Waals surface area contributed by atoms with Crippen molar-refractivity contribution in [3.8, 4) is 0 Å². The first-order chi connectivity index (χ1) is 10.5. The number of aliphatic imine (C=N–C) groups is 1. The van der Waals surface area contributed by atoms with Crippen LogP contribution in [0.5, 0.6) is 0 Å². The van der Waals surface area contributed by atoms with Crippen LogP contribution in [0, 0.1) is 5.41 Å². The third-order valence-electron chi connectivity index (χ3n) is 3.78. The molecule has 132 valence electrons. The zero-order valence-corrected chi connectivity index (χ0v) is 15.6. The minimum absolute atomic E-state index is 0.0431. The topological polar surface area (TPSA) is 96.0 Å². The van der Waals surface area contributed by atoms with Crippen LogP contribution >= 0.6 is 0 Å². The van der Waals surface area contributed by atoms with E-state index in [1.165, 1.54) is 6.08 Å². The summed E-state index contributed by atoms with van der Waals surface area (Å²) in [5, 5.41) is 9.91. The maximum Gasteiger partial charge on any atom is 0.267 e. The average Bonchev–Trinajstić information content (AvgIpc) is 2.46. The second kappa shape index (κ2) is 7.57. The van der Waals surface area contributed by atoms with Gasteiger partial charge in [0, 0.05) is 24.6 Å². The van der Waals surface area contributed by atoms with E-state index < -0.39 is 27.1 Å². The van der Waals surface area contributed by atoms with E-state index in [1.54, 1.807) is 13.8 Å². The normalized spacial score (nSPS) is 20.4. The molecule has 1 amide bonds. The van der Waals surface area contributed by atoms with E-state index in [0.29, 0.717) is 0 Å². The number of amides is 1. The van der Waals surface area contributed by atoms with Crippen molar-refractivity contribution in [2.75, 3.05) is 13.1 Å². The molecule has 1 saturated heterocycles. The predicted octanol–water partition coefficient (Wildman–Crippen LogP) is 2.29. The van der Waals surface area contributed by atoms with Crippen molar-refractivity contribution < 1.29 is 14.1 Å². The summed E-state index contributed by atoms with van der Waals surface area (Å²) in [5.41, 5.74) is 5.25. The summed E-state index contributed by atoms with van der Waals surface area (Å²) in [4.78, 5) is 16.2. The Morgan fingerprint density at radius 1 is 1.17 bits per heavy atom. The summed E-state index contributed by atoms with van der Waals surface area (Å²) >= 11 is 0. The summed E-state index contributed by atoms with van der Waals surface area (Å²) < 4.78 is 13.3. The number of allylic oxidation sites excluding steroid dienone is 1. The smallest absolute Gasteiger partial charge is 0.267 e. The molecule has 0 bridgehead atoms. The molecule has 23 heavy (non-hydrogen) atoms. The lowest BCUT2D eigenvalue weighted by Crippen LogP contribution is -2.46. The molecule has 1 atom stereocenters. The zero-order chi connectivity index (χ0) is 17.8. The molecule has 0 aliphatic carbocycles. The second-order valence-corrected chi connectivity index (χ2v) is 9.41. The molecular formula is C16H29N3O3S. The average molecular weight is 343 g/mol. The number of nitrogens with two attached hydrogens (primary N) is 1. The third-order valence-corrected chi connectivity index (χ3v) is 5.67. The molecule has 6 nitrogen and oxygen atoms in total. The number of carbonyl (C=O) groups is 1. The molecule has 0 saturated carbocycles. The van der Waals surface area contributed by atoms with Crippen LogP contribution in [-0.2, 0) is 15.8 Å². The zero-order valence-electron chi connectivity index (χ0n) is 14.8. The Labute approximate surface area is 141 Å². The molecule has 0 spiro atoms. The highest BCUT2D eigenvalue weighted by atomic mass is 32.2. The Bertz CT molecular complexity index is 527. The molecule has 0 aromatic carbocycles. The van der Waals surface area contributed by atoms with Gasteiger partial charge in [-0.05, 0) is 26.7 Å². The molecule has 1 unspecified atom stereocenters. The fourth-order valence-corrected chi connectivity index (χ4v) is 3.50. The highest BCUT2D eigenvalue weighted by Gasteiger charge is 2.38. The molecule has 1 heterocycles. The van der Waals surface area contributed by atoms with Crippen LogP contribution in [0.3, 0.4) is 0 Å². The Morgan fingerprint density at radius 3 is 2.17 bits per heavy atom. The van der Waals surface area contributed by atoms with Crippen LogP contribution in [0.15, 0.2) is 16.8 Å². The minimum atomic E-state index is -1.46. The maximum atomic E-state index is 12.7. The molecule has 1 aliphatic heterocycles. The number of aliphatic hydroxyl groups is 1. The van der Waals surface area contributed by atoms with E-state index in [-0.39, 0.29) is 11.6 Å². The third kappa shape index (κ3) is 5.42. The highest BCUT2D eigenvalue weighted by molar-refractivity contribution is 7.85. The lowest BCUT2D eigenvalue weighted by molar-refractivity contribution is -0.119. The number of carbonyl (C=O) groups excluding carboxylic acids is 1. The molecule has 0 aromatic heterocycles. The van der Waals surface area contributed by atoms with Gasteiger partial charge < -0.3 is 10.8 Å². The van der Waals surface area contributed by atoms with Crippen molar-refractivity contribution in [3.63, 3.8) is 0 Å². The van der Waals surface area contributed by atoms with Gasteiger partial charge in [0.25, 0.3) is 5.91 Å². The second-order valence-electron chi connectivity index (χ2n) is 7.37. The molecule has 1 fully saturated rings. The fourth-order valence-electron chi connectivity index (χ4n) is 2.07. The van der Waals surface area contributed by atoms with Gasteiger partial charge >= 0.3 is 0 Å². The van der Waals surface area contributed by atoms with Gasteiger partial charge in [-0.15, -0.1) is 0 Å². The summed E-state index contributed by atoms with van der Waals surface area (Å²) in [6, 6.07) is 0. The number of rotatable bonds is 4. The van der Waals surface area contributed by atoms with Crippen molar-refractivity contribution in [1.82, 2.24) is 4.31 Å². The number of aliphatic hydroxyl groups excluding tert-OH is 1. The number of hydrogen-bond donors (Lipinski definition) is 2. The van der Waals surface area contributed by atoms with Crippen LogP contribution in [0.25, 0.3) is 0 Å². The first-order valence-electron chi connectivity index (χ1n) is 7.93.